The van der Waals surface area contributed by atoms with E-state index in [1.165, 1.54) is 17.8 Å². The summed E-state index contributed by atoms with van der Waals surface area (Å²) in [6, 6.07) is 15.0. The Kier molecular flexibility index (Phi) is 7.36. The fraction of sp³-hybridized carbons (Fsp3) is 0.273. The Labute approximate surface area is 180 Å². The quantitative estimate of drug-likeness (QED) is 0.661. The predicted molar refractivity (Wildman–Crippen MR) is 117 cm³/mol. The maximum Gasteiger partial charge on any atom is 0.265 e. The van der Waals surface area contributed by atoms with Crippen molar-refractivity contribution < 1.29 is 14.3 Å². The van der Waals surface area contributed by atoms with Gasteiger partial charge in [0.15, 0.2) is 0 Å². The molecule has 152 valence electrons. The Bertz CT molecular complexity index is 932. The second-order valence-electron chi connectivity index (χ2n) is 6.63. The lowest BCUT2D eigenvalue weighted by atomic mass is 10.1. The van der Waals surface area contributed by atoms with Crippen molar-refractivity contribution in [3.8, 4) is 0 Å². The average Bonchev–Trinajstić information content (AvgIpc) is 2.72. The van der Waals surface area contributed by atoms with Crippen LogP contribution in [0.25, 0.3) is 0 Å². The van der Waals surface area contributed by atoms with E-state index in [0.717, 1.165) is 22.6 Å². The van der Waals surface area contributed by atoms with Crippen molar-refractivity contribution in [3.63, 3.8) is 0 Å². The molecule has 5 nitrogen and oxygen atoms in total. The Hall–Kier alpha value is -2.28. The zero-order valence-electron chi connectivity index (χ0n) is 16.4. The molecule has 0 saturated heterocycles. The number of anilines is 1. The lowest BCUT2D eigenvalue weighted by Gasteiger charge is -2.30. The van der Waals surface area contributed by atoms with Crippen LogP contribution in [0.2, 0.25) is 5.02 Å². The zero-order valence-corrected chi connectivity index (χ0v) is 17.9. The van der Waals surface area contributed by atoms with E-state index in [0.29, 0.717) is 23.1 Å². The van der Waals surface area contributed by atoms with E-state index < -0.39 is 0 Å². The molecule has 0 fully saturated rings. The molecular formula is C22H23ClN2O3S. The molecule has 1 aliphatic heterocycles. The average molecular weight is 431 g/mol. The van der Waals surface area contributed by atoms with Gasteiger partial charge in [-0.15, -0.1) is 0 Å². The number of carbonyl (C=O) groups excluding carboxylic acids is 2. The molecule has 0 radical (unpaired) electrons. The van der Waals surface area contributed by atoms with Crippen LogP contribution in [0.3, 0.4) is 0 Å². The fourth-order valence-electron chi connectivity index (χ4n) is 3.04. The summed E-state index contributed by atoms with van der Waals surface area (Å²) in [7, 11) is 1.59. The fourth-order valence-corrected chi connectivity index (χ4v) is 4.27. The summed E-state index contributed by atoms with van der Waals surface area (Å²) >= 11 is 7.61. The minimum Gasteiger partial charge on any atom is -0.383 e. The molecule has 29 heavy (non-hydrogen) atoms. The maximum atomic E-state index is 13.2. The van der Waals surface area contributed by atoms with Gasteiger partial charge in [-0.2, -0.15) is 0 Å². The predicted octanol–water partition coefficient (Wildman–Crippen LogP) is 4.40. The van der Waals surface area contributed by atoms with Gasteiger partial charge in [-0.1, -0.05) is 60.6 Å². The maximum absolute atomic E-state index is 13.2. The van der Waals surface area contributed by atoms with E-state index >= 15 is 0 Å². The zero-order chi connectivity index (χ0) is 20.8. The number of rotatable bonds is 7. The van der Waals surface area contributed by atoms with Crippen LogP contribution in [0.1, 0.15) is 18.9 Å². The van der Waals surface area contributed by atoms with Gasteiger partial charge in [0.05, 0.1) is 29.8 Å². The number of halogens is 1. The lowest BCUT2D eigenvalue weighted by Crippen LogP contribution is -2.38. The van der Waals surface area contributed by atoms with Crippen molar-refractivity contribution in [2.75, 3.05) is 18.6 Å². The van der Waals surface area contributed by atoms with Crippen LogP contribution in [-0.2, 0) is 20.9 Å². The van der Waals surface area contributed by atoms with Gasteiger partial charge in [-0.05, 0) is 30.2 Å². The van der Waals surface area contributed by atoms with Crippen LogP contribution in [0.15, 0.2) is 64.4 Å². The highest BCUT2D eigenvalue weighted by Gasteiger charge is 2.30. The molecule has 1 N–H and O–H groups in total. The van der Waals surface area contributed by atoms with Crippen LogP contribution >= 0.6 is 23.4 Å². The Balaban J connectivity index is 1.88. The summed E-state index contributed by atoms with van der Waals surface area (Å²) in [5.74, 6) is -0.523. The monoisotopic (exact) mass is 430 g/mol. The van der Waals surface area contributed by atoms with Gasteiger partial charge in [0.2, 0.25) is 5.91 Å². The van der Waals surface area contributed by atoms with Crippen LogP contribution < -0.4 is 10.2 Å². The van der Waals surface area contributed by atoms with Crippen molar-refractivity contribution in [1.29, 1.82) is 0 Å². The Morgan fingerprint density at radius 2 is 1.97 bits per heavy atom. The number of nitrogens with zero attached hydrogens (tertiary/aromatic N) is 1. The van der Waals surface area contributed by atoms with E-state index in [1.54, 1.807) is 18.1 Å². The third-order valence-corrected chi connectivity index (χ3v) is 6.03. The number of benzene rings is 2. The SMILES string of the molecule is CCC(COC)NC(=O)C=C1Sc2ccccc2N(Cc2ccccc2Cl)C1=O. The van der Waals surface area contributed by atoms with Crippen molar-refractivity contribution in [2.24, 2.45) is 0 Å². The van der Waals surface area contributed by atoms with Gasteiger partial charge >= 0.3 is 0 Å². The number of para-hydroxylation sites is 1. The molecule has 0 saturated carbocycles. The van der Waals surface area contributed by atoms with Crippen molar-refractivity contribution >= 4 is 40.9 Å². The molecule has 3 rings (SSSR count). The van der Waals surface area contributed by atoms with E-state index in [4.69, 9.17) is 16.3 Å². The summed E-state index contributed by atoms with van der Waals surface area (Å²) in [6.45, 7) is 2.73. The van der Waals surface area contributed by atoms with E-state index in [9.17, 15) is 9.59 Å². The largest absolute Gasteiger partial charge is 0.383 e. The molecule has 1 heterocycles. The number of amides is 2. The van der Waals surface area contributed by atoms with E-state index in [1.807, 2.05) is 49.4 Å². The van der Waals surface area contributed by atoms with Crippen LogP contribution in [0.5, 0.6) is 0 Å². The Morgan fingerprint density at radius 1 is 1.24 bits per heavy atom. The first-order chi connectivity index (χ1) is 14.0. The molecular weight excluding hydrogens is 408 g/mol. The minimum absolute atomic E-state index is 0.0976. The standard InChI is InChI=1S/C22H23ClN2O3S/c1-3-16(14-28-2)24-21(26)12-20-22(27)25(13-15-8-4-5-9-17(15)23)18-10-6-7-11-19(18)29-20/h4-12,16H,3,13-14H2,1-2H3,(H,24,26). The second-order valence-corrected chi connectivity index (χ2v) is 8.12. The molecule has 2 aromatic rings. The van der Waals surface area contributed by atoms with Gasteiger partial charge in [0.25, 0.3) is 5.91 Å². The highest BCUT2D eigenvalue weighted by molar-refractivity contribution is 8.04. The van der Waals surface area contributed by atoms with Gasteiger partial charge in [-0.25, -0.2) is 0 Å². The summed E-state index contributed by atoms with van der Waals surface area (Å²) in [4.78, 5) is 28.7. The summed E-state index contributed by atoms with van der Waals surface area (Å²) in [5, 5.41) is 3.49. The van der Waals surface area contributed by atoms with Crippen LogP contribution in [-0.4, -0.2) is 31.6 Å². The second kappa shape index (κ2) is 9.96. The third kappa shape index (κ3) is 5.21. The van der Waals surface area contributed by atoms with Crippen molar-refractivity contribution in [1.82, 2.24) is 5.32 Å². The van der Waals surface area contributed by atoms with Crippen LogP contribution in [0, 0.1) is 0 Å². The molecule has 7 heteroatoms. The molecule has 1 aliphatic rings. The molecule has 1 unspecified atom stereocenters. The lowest BCUT2D eigenvalue weighted by molar-refractivity contribution is -0.118. The normalized spacial score (nSPS) is 15.9. The molecule has 2 aromatic carbocycles. The van der Waals surface area contributed by atoms with Gasteiger partial charge in [0.1, 0.15) is 0 Å². The van der Waals surface area contributed by atoms with Crippen LogP contribution in [0.4, 0.5) is 5.69 Å². The summed E-state index contributed by atoms with van der Waals surface area (Å²) < 4.78 is 5.12. The number of nitrogens with one attached hydrogen (secondary N) is 1. The molecule has 0 aromatic heterocycles. The number of fused-ring (bicyclic) bond motifs is 1. The van der Waals surface area contributed by atoms with Gasteiger partial charge in [0, 0.05) is 23.1 Å². The number of carbonyl (C=O) groups is 2. The number of ether oxygens (including phenoxy) is 1. The van der Waals surface area contributed by atoms with Gasteiger partial charge in [-0.3, -0.25) is 9.59 Å². The number of thioether (sulfide) groups is 1. The van der Waals surface area contributed by atoms with Crippen molar-refractivity contribution in [3.05, 3.63) is 70.1 Å². The van der Waals surface area contributed by atoms with E-state index in [2.05, 4.69) is 5.32 Å². The molecule has 1 atom stereocenters. The first-order valence-electron chi connectivity index (χ1n) is 9.36. The number of hydrogen-bond acceptors (Lipinski definition) is 4. The van der Waals surface area contributed by atoms with Gasteiger partial charge < -0.3 is 15.0 Å². The minimum atomic E-state index is -0.304. The molecule has 0 aliphatic carbocycles. The first kappa shape index (κ1) is 21.4. The molecule has 0 bridgehead atoms. The number of methoxy groups -OCH3 is 1. The highest BCUT2D eigenvalue weighted by Crippen LogP contribution is 2.42. The topological polar surface area (TPSA) is 58.6 Å². The highest BCUT2D eigenvalue weighted by atomic mass is 35.5. The molecule has 2 amide bonds. The summed E-state index contributed by atoms with van der Waals surface area (Å²) in [5.41, 5.74) is 1.66. The van der Waals surface area contributed by atoms with E-state index in [-0.39, 0.29) is 17.9 Å². The van der Waals surface area contributed by atoms with Crippen molar-refractivity contribution in [2.45, 2.75) is 30.8 Å². The third-order valence-electron chi connectivity index (χ3n) is 4.59. The Morgan fingerprint density at radius 3 is 2.69 bits per heavy atom. The molecule has 0 spiro atoms. The first-order valence-corrected chi connectivity index (χ1v) is 10.6. The number of hydrogen-bond donors (Lipinski definition) is 1. The summed E-state index contributed by atoms with van der Waals surface area (Å²) in [6.07, 6.45) is 2.12. The smallest absolute Gasteiger partial charge is 0.265 e.